The highest BCUT2D eigenvalue weighted by molar-refractivity contribution is 8.00. The van der Waals surface area contributed by atoms with Crippen molar-refractivity contribution < 1.29 is 4.79 Å². The zero-order valence-corrected chi connectivity index (χ0v) is 17.0. The van der Waals surface area contributed by atoms with Gasteiger partial charge in [-0.05, 0) is 47.2 Å². The van der Waals surface area contributed by atoms with Crippen LogP contribution in [-0.4, -0.2) is 36.3 Å². The van der Waals surface area contributed by atoms with Crippen molar-refractivity contribution in [1.29, 1.82) is 0 Å². The van der Waals surface area contributed by atoms with Crippen molar-refractivity contribution in [3.8, 4) is 0 Å². The van der Waals surface area contributed by atoms with Crippen LogP contribution in [0.4, 0.5) is 5.69 Å². The molecular formula is C19H18N6OS2. The molecule has 4 rings (SSSR count). The topological polar surface area (TPSA) is 85.6 Å². The van der Waals surface area contributed by atoms with E-state index in [2.05, 4.69) is 31.9 Å². The zero-order valence-electron chi connectivity index (χ0n) is 15.4. The number of hydrogen-bond donors (Lipinski definition) is 1. The number of fused-ring (bicyclic) bond motifs is 1. The molecule has 28 heavy (non-hydrogen) atoms. The van der Waals surface area contributed by atoms with Crippen LogP contribution in [0.2, 0.25) is 0 Å². The molecule has 0 unspecified atom stereocenters. The first kappa shape index (κ1) is 18.6. The third kappa shape index (κ3) is 4.20. The lowest BCUT2D eigenvalue weighted by Crippen LogP contribution is -2.22. The Morgan fingerprint density at radius 2 is 2.00 bits per heavy atom. The molecule has 0 saturated carbocycles. The maximum atomic E-state index is 12.4. The van der Waals surface area contributed by atoms with E-state index in [0.29, 0.717) is 5.16 Å². The van der Waals surface area contributed by atoms with Gasteiger partial charge < -0.3 is 5.32 Å². The van der Waals surface area contributed by atoms with Crippen molar-refractivity contribution in [3.05, 3.63) is 59.1 Å². The average Bonchev–Trinajstić information content (AvgIpc) is 3.28. The number of aromatic nitrogens is 5. The number of rotatable bonds is 6. The molecule has 1 N–H and O–H groups in total. The molecule has 0 aliphatic rings. The first-order valence-electron chi connectivity index (χ1n) is 8.72. The Morgan fingerprint density at radius 1 is 1.21 bits per heavy atom. The van der Waals surface area contributed by atoms with Gasteiger partial charge in [0.1, 0.15) is 0 Å². The fourth-order valence-corrected chi connectivity index (χ4v) is 4.41. The molecule has 0 bridgehead atoms. The highest BCUT2D eigenvalue weighted by atomic mass is 32.2. The highest BCUT2D eigenvalue weighted by Crippen LogP contribution is 2.24. The molecule has 1 atom stereocenters. The Morgan fingerprint density at radius 3 is 2.71 bits per heavy atom. The SMILES string of the molecule is C[C@@H](Sc1nnnn1C)C(=O)Nc1ccc(Cc2nc3ccccc3s2)cc1. The van der Waals surface area contributed by atoms with E-state index in [-0.39, 0.29) is 11.2 Å². The predicted molar refractivity (Wildman–Crippen MR) is 112 cm³/mol. The molecule has 2 heterocycles. The average molecular weight is 411 g/mol. The molecule has 142 valence electrons. The molecule has 7 nitrogen and oxygen atoms in total. The summed E-state index contributed by atoms with van der Waals surface area (Å²) in [6.45, 7) is 1.83. The van der Waals surface area contributed by atoms with E-state index < -0.39 is 0 Å². The van der Waals surface area contributed by atoms with E-state index in [9.17, 15) is 4.79 Å². The number of nitrogens with zero attached hydrogens (tertiary/aromatic N) is 5. The third-order valence-corrected chi connectivity index (χ3v) is 6.31. The molecular weight excluding hydrogens is 392 g/mol. The van der Waals surface area contributed by atoms with Crippen LogP contribution >= 0.6 is 23.1 Å². The van der Waals surface area contributed by atoms with E-state index in [1.807, 2.05) is 49.4 Å². The second-order valence-electron chi connectivity index (χ2n) is 6.28. The first-order chi connectivity index (χ1) is 13.6. The monoisotopic (exact) mass is 410 g/mol. The second kappa shape index (κ2) is 8.07. The lowest BCUT2D eigenvalue weighted by Gasteiger charge is -2.11. The summed E-state index contributed by atoms with van der Waals surface area (Å²) in [6.07, 6.45) is 0.777. The number of carbonyl (C=O) groups is 1. The first-order valence-corrected chi connectivity index (χ1v) is 10.4. The standard InChI is InChI=1S/C19H18N6OS2/c1-12(27-19-22-23-24-25(19)2)18(26)20-14-9-7-13(8-10-14)11-17-21-15-5-3-4-6-16(15)28-17/h3-10,12H,11H2,1-2H3,(H,20,26)/t12-/m1/s1. The lowest BCUT2D eigenvalue weighted by molar-refractivity contribution is -0.115. The Bertz CT molecular complexity index is 1070. The molecule has 0 aliphatic heterocycles. The quantitative estimate of drug-likeness (QED) is 0.490. The summed E-state index contributed by atoms with van der Waals surface area (Å²) in [5.41, 5.74) is 2.96. The van der Waals surface area contributed by atoms with Crippen LogP contribution in [0, 0.1) is 0 Å². The summed E-state index contributed by atoms with van der Waals surface area (Å²) in [6, 6.07) is 16.0. The highest BCUT2D eigenvalue weighted by Gasteiger charge is 2.17. The number of para-hydroxylation sites is 1. The molecule has 0 spiro atoms. The summed E-state index contributed by atoms with van der Waals surface area (Å²) < 4.78 is 2.75. The van der Waals surface area contributed by atoms with E-state index >= 15 is 0 Å². The Hall–Kier alpha value is -2.78. The molecule has 4 aromatic rings. The van der Waals surface area contributed by atoms with Gasteiger partial charge in [0, 0.05) is 19.2 Å². The van der Waals surface area contributed by atoms with Crippen molar-refractivity contribution in [2.24, 2.45) is 7.05 Å². The number of tetrazole rings is 1. The van der Waals surface area contributed by atoms with E-state index in [4.69, 9.17) is 0 Å². The van der Waals surface area contributed by atoms with Gasteiger partial charge in [-0.25, -0.2) is 9.67 Å². The van der Waals surface area contributed by atoms with Crippen LogP contribution in [0.15, 0.2) is 53.7 Å². The Kier molecular flexibility index (Phi) is 5.36. The predicted octanol–water partition coefficient (Wildman–Crippen LogP) is 3.53. The lowest BCUT2D eigenvalue weighted by atomic mass is 10.1. The largest absolute Gasteiger partial charge is 0.325 e. The van der Waals surface area contributed by atoms with Crippen molar-refractivity contribution in [2.75, 3.05) is 5.32 Å². The number of benzene rings is 2. The number of amides is 1. The minimum absolute atomic E-state index is 0.0908. The summed E-state index contributed by atoms with van der Waals surface area (Å²) in [5.74, 6) is -0.0908. The van der Waals surface area contributed by atoms with Gasteiger partial charge in [-0.3, -0.25) is 4.79 Å². The van der Waals surface area contributed by atoms with E-state index in [1.165, 1.54) is 16.5 Å². The summed E-state index contributed by atoms with van der Waals surface area (Å²) >= 11 is 3.03. The van der Waals surface area contributed by atoms with E-state index in [0.717, 1.165) is 28.2 Å². The molecule has 2 aromatic heterocycles. The van der Waals surface area contributed by atoms with Crippen LogP contribution in [-0.2, 0) is 18.3 Å². The zero-order chi connectivity index (χ0) is 19.5. The van der Waals surface area contributed by atoms with Gasteiger partial charge in [0.15, 0.2) is 0 Å². The number of carbonyl (C=O) groups excluding carboxylic acids is 1. The molecule has 0 radical (unpaired) electrons. The maximum absolute atomic E-state index is 12.4. The minimum Gasteiger partial charge on any atom is -0.325 e. The van der Waals surface area contributed by atoms with Gasteiger partial charge in [0.2, 0.25) is 11.1 Å². The summed E-state index contributed by atoms with van der Waals surface area (Å²) in [7, 11) is 1.75. The van der Waals surface area contributed by atoms with Gasteiger partial charge in [0.05, 0.1) is 20.5 Å². The number of hydrogen-bond acceptors (Lipinski definition) is 7. The van der Waals surface area contributed by atoms with Gasteiger partial charge in [-0.1, -0.05) is 36.0 Å². The molecule has 9 heteroatoms. The van der Waals surface area contributed by atoms with E-state index in [1.54, 1.807) is 23.1 Å². The molecule has 1 amide bonds. The van der Waals surface area contributed by atoms with Crippen LogP contribution in [0.1, 0.15) is 17.5 Å². The molecule has 2 aromatic carbocycles. The third-order valence-electron chi connectivity index (χ3n) is 4.15. The van der Waals surface area contributed by atoms with Crippen molar-refractivity contribution in [3.63, 3.8) is 0 Å². The smallest absolute Gasteiger partial charge is 0.237 e. The van der Waals surface area contributed by atoms with Crippen molar-refractivity contribution in [1.82, 2.24) is 25.2 Å². The van der Waals surface area contributed by atoms with Gasteiger partial charge in [-0.15, -0.1) is 16.4 Å². The number of anilines is 1. The summed E-state index contributed by atoms with van der Waals surface area (Å²) in [4.78, 5) is 17.1. The van der Waals surface area contributed by atoms with Gasteiger partial charge >= 0.3 is 0 Å². The minimum atomic E-state index is -0.313. The summed E-state index contributed by atoms with van der Waals surface area (Å²) in [5, 5.41) is 15.6. The molecule has 0 fully saturated rings. The normalized spacial score (nSPS) is 12.2. The van der Waals surface area contributed by atoms with Crippen LogP contribution < -0.4 is 5.32 Å². The Balaban J connectivity index is 1.37. The van der Waals surface area contributed by atoms with Crippen LogP contribution in [0.25, 0.3) is 10.2 Å². The van der Waals surface area contributed by atoms with Gasteiger partial charge in [-0.2, -0.15) is 0 Å². The van der Waals surface area contributed by atoms with Crippen LogP contribution in [0.3, 0.4) is 0 Å². The molecule has 0 saturated heterocycles. The van der Waals surface area contributed by atoms with Crippen LogP contribution in [0.5, 0.6) is 0 Å². The number of thioether (sulfide) groups is 1. The fraction of sp³-hybridized carbons (Fsp3) is 0.211. The van der Waals surface area contributed by atoms with Gasteiger partial charge in [0.25, 0.3) is 0 Å². The van der Waals surface area contributed by atoms with Crippen molar-refractivity contribution in [2.45, 2.75) is 23.8 Å². The molecule has 0 aliphatic carbocycles. The number of nitrogens with one attached hydrogen (secondary N) is 1. The van der Waals surface area contributed by atoms with Crippen molar-refractivity contribution >= 4 is 44.9 Å². The Labute approximate surface area is 170 Å². The number of aryl methyl sites for hydroxylation is 1. The number of thiazole rings is 1. The fourth-order valence-electron chi connectivity index (χ4n) is 2.65. The second-order valence-corrected chi connectivity index (χ2v) is 8.71. The maximum Gasteiger partial charge on any atom is 0.237 e.